The van der Waals surface area contributed by atoms with Crippen LogP contribution in [0.2, 0.25) is 0 Å². The molecule has 31 heavy (non-hydrogen) atoms. The van der Waals surface area contributed by atoms with E-state index in [1.807, 2.05) is 24.3 Å². The predicted molar refractivity (Wildman–Crippen MR) is 123 cm³/mol. The van der Waals surface area contributed by atoms with E-state index in [-0.39, 0.29) is 5.91 Å². The number of imidazole rings is 1. The lowest BCUT2D eigenvalue weighted by atomic mass is 10.0. The molecule has 0 saturated carbocycles. The van der Waals surface area contributed by atoms with Crippen molar-refractivity contribution in [2.24, 2.45) is 0 Å². The van der Waals surface area contributed by atoms with Crippen LogP contribution in [-0.2, 0) is 13.1 Å². The number of hydrogen-bond acceptors (Lipinski definition) is 3. The van der Waals surface area contributed by atoms with Gasteiger partial charge in [-0.05, 0) is 40.6 Å². The molecule has 5 heteroatoms. The molecule has 0 saturated heterocycles. The summed E-state index contributed by atoms with van der Waals surface area (Å²) in [6, 6.07) is 28.3. The van der Waals surface area contributed by atoms with Crippen molar-refractivity contribution < 1.29 is 4.79 Å². The normalized spacial score (nSPS) is 11.1. The summed E-state index contributed by atoms with van der Waals surface area (Å²) in [5, 5.41) is 2.44. The second-order valence-corrected chi connectivity index (χ2v) is 7.62. The number of carbonyl (C=O) groups is 1. The SMILES string of the molecule is CN(Cc1nc2ccccc2n1Cc1cccc2ccccc12)C(=O)c1ccccn1. The van der Waals surface area contributed by atoms with Crippen molar-refractivity contribution in [1.82, 2.24) is 19.4 Å². The van der Waals surface area contributed by atoms with E-state index >= 15 is 0 Å². The summed E-state index contributed by atoms with van der Waals surface area (Å²) in [5.74, 6) is 0.727. The third-order valence-electron chi connectivity index (χ3n) is 5.55. The van der Waals surface area contributed by atoms with E-state index in [9.17, 15) is 4.79 Å². The van der Waals surface area contributed by atoms with Crippen LogP contribution in [0.5, 0.6) is 0 Å². The highest BCUT2D eigenvalue weighted by Gasteiger charge is 2.18. The van der Waals surface area contributed by atoms with Gasteiger partial charge in [0.25, 0.3) is 5.91 Å². The molecule has 0 atom stereocenters. The molecule has 0 bridgehead atoms. The van der Waals surface area contributed by atoms with Gasteiger partial charge in [-0.3, -0.25) is 9.78 Å². The fourth-order valence-corrected chi connectivity index (χ4v) is 3.99. The van der Waals surface area contributed by atoms with Gasteiger partial charge in [0.2, 0.25) is 0 Å². The number of pyridine rings is 1. The summed E-state index contributed by atoms with van der Waals surface area (Å²) in [5.41, 5.74) is 3.64. The van der Waals surface area contributed by atoms with Crippen LogP contribution in [0.1, 0.15) is 21.9 Å². The standard InChI is InChI=1S/C26H22N4O/c1-29(26(31)23-14-6-7-16-27-23)18-25-28-22-13-4-5-15-24(22)30(25)17-20-11-8-10-19-9-2-3-12-21(19)20/h2-16H,17-18H2,1H3. The number of aromatic nitrogens is 3. The van der Waals surface area contributed by atoms with Crippen molar-refractivity contribution in [2.45, 2.75) is 13.1 Å². The lowest BCUT2D eigenvalue weighted by Gasteiger charge is -2.18. The minimum atomic E-state index is -0.121. The van der Waals surface area contributed by atoms with Crippen LogP contribution in [0.4, 0.5) is 0 Å². The minimum absolute atomic E-state index is 0.121. The fraction of sp³-hybridized carbons (Fsp3) is 0.115. The van der Waals surface area contributed by atoms with Crippen LogP contribution in [0.25, 0.3) is 21.8 Å². The van der Waals surface area contributed by atoms with Gasteiger partial charge in [-0.15, -0.1) is 0 Å². The third kappa shape index (κ3) is 3.66. The molecule has 0 radical (unpaired) electrons. The molecular formula is C26H22N4O. The molecule has 2 aromatic heterocycles. The van der Waals surface area contributed by atoms with E-state index < -0.39 is 0 Å². The molecule has 152 valence electrons. The molecule has 0 N–H and O–H groups in total. The van der Waals surface area contributed by atoms with Crippen LogP contribution < -0.4 is 0 Å². The molecule has 0 aliphatic heterocycles. The molecule has 5 rings (SSSR count). The van der Waals surface area contributed by atoms with Crippen molar-refractivity contribution in [3.8, 4) is 0 Å². The topological polar surface area (TPSA) is 51.0 Å². The van der Waals surface area contributed by atoms with Gasteiger partial charge in [0, 0.05) is 13.2 Å². The van der Waals surface area contributed by atoms with E-state index in [2.05, 4.69) is 58.1 Å². The van der Waals surface area contributed by atoms with Crippen molar-refractivity contribution in [3.63, 3.8) is 0 Å². The maximum Gasteiger partial charge on any atom is 0.272 e. The van der Waals surface area contributed by atoms with Crippen LogP contribution in [0, 0.1) is 0 Å². The maximum atomic E-state index is 12.8. The number of carbonyl (C=O) groups excluding carboxylic acids is 1. The van der Waals surface area contributed by atoms with Crippen LogP contribution in [0.15, 0.2) is 91.1 Å². The Morgan fingerprint density at radius 1 is 0.903 bits per heavy atom. The van der Waals surface area contributed by atoms with E-state index in [0.717, 1.165) is 16.9 Å². The molecular weight excluding hydrogens is 384 g/mol. The molecule has 1 amide bonds. The quantitative estimate of drug-likeness (QED) is 0.417. The average molecular weight is 406 g/mol. The van der Waals surface area contributed by atoms with Crippen LogP contribution >= 0.6 is 0 Å². The highest BCUT2D eigenvalue weighted by Crippen LogP contribution is 2.24. The molecule has 0 aliphatic carbocycles. The molecule has 0 fully saturated rings. The Bertz CT molecular complexity index is 1370. The first-order chi connectivity index (χ1) is 15.2. The fourth-order valence-electron chi connectivity index (χ4n) is 3.99. The van der Waals surface area contributed by atoms with Gasteiger partial charge in [0.05, 0.1) is 24.1 Å². The summed E-state index contributed by atoms with van der Waals surface area (Å²) in [4.78, 5) is 23.5. The zero-order chi connectivity index (χ0) is 21.2. The number of benzene rings is 3. The number of fused-ring (bicyclic) bond motifs is 2. The lowest BCUT2D eigenvalue weighted by molar-refractivity contribution is 0.0774. The van der Waals surface area contributed by atoms with E-state index in [1.165, 1.54) is 16.3 Å². The van der Waals surface area contributed by atoms with Gasteiger partial charge in [0.1, 0.15) is 11.5 Å². The third-order valence-corrected chi connectivity index (χ3v) is 5.55. The Balaban J connectivity index is 1.53. The molecule has 3 aromatic carbocycles. The number of hydrogen-bond donors (Lipinski definition) is 0. The molecule has 5 aromatic rings. The predicted octanol–water partition coefficient (Wildman–Crippen LogP) is 4.91. The Morgan fingerprint density at radius 3 is 2.55 bits per heavy atom. The summed E-state index contributed by atoms with van der Waals surface area (Å²) >= 11 is 0. The van der Waals surface area contributed by atoms with Crippen molar-refractivity contribution in [2.75, 3.05) is 7.05 Å². The first kappa shape index (κ1) is 19.0. The van der Waals surface area contributed by atoms with Gasteiger partial charge in [0.15, 0.2) is 0 Å². The molecule has 0 spiro atoms. The van der Waals surface area contributed by atoms with Crippen molar-refractivity contribution in [1.29, 1.82) is 0 Å². The maximum absolute atomic E-state index is 12.8. The van der Waals surface area contributed by atoms with Gasteiger partial charge in [-0.1, -0.05) is 60.7 Å². The monoisotopic (exact) mass is 406 g/mol. The summed E-state index contributed by atoms with van der Waals surface area (Å²) < 4.78 is 2.21. The Hall–Kier alpha value is -3.99. The van der Waals surface area contributed by atoms with Gasteiger partial charge in [-0.2, -0.15) is 0 Å². The highest BCUT2D eigenvalue weighted by molar-refractivity contribution is 5.92. The van der Waals surface area contributed by atoms with Crippen molar-refractivity contribution in [3.05, 3.63) is 108 Å². The summed E-state index contributed by atoms with van der Waals surface area (Å²) in [7, 11) is 1.79. The van der Waals surface area contributed by atoms with Gasteiger partial charge >= 0.3 is 0 Å². The van der Waals surface area contributed by atoms with Gasteiger partial charge < -0.3 is 9.47 Å². The minimum Gasteiger partial charge on any atom is -0.333 e. The first-order valence-electron chi connectivity index (χ1n) is 10.3. The number of amides is 1. The summed E-state index contributed by atoms with van der Waals surface area (Å²) in [6.07, 6.45) is 1.64. The summed E-state index contributed by atoms with van der Waals surface area (Å²) in [6.45, 7) is 1.08. The number of nitrogens with zero attached hydrogens (tertiary/aromatic N) is 4. The van der Waals surface area contributed by atoms with Crippen LogP contribution in [-0.4, -0.2) is 32.4 Å². The Labute approximate surface area is 180 Å². The highest BCUT2D eigenvalue weighted by atomic mass is 16.2. The molecule has 2 heterocycles. The number of para-hydroxylation sites is 2. The van der Waals surface area contributed by atoms with Crippen molar-refractivity contribution >= 4 is 27.7 Å². The number of rotatable bonds is 5. The molecule has 5 nitrogen and oxygen atoms in total. The average Bonchev–Trinajstić information content (AvgIpc) is 3.16. The largest absolute Gasteiger partial charge is 0.333 e. The second-order valence-electron chi connectivity index (χ2n) is 7.62. The Kier molecular flexibility index (Phi) is 4.92. The molecule has 0 aliphatic rings. The van der Waals surface area contributed by atoms with Crippen LogP contribution in [0.3, 0.4) is 0 Å². The lowest BCUT2D eigenvalue weighted by Crippen LogP contribution is -2.28. The zero-order valence-electron chi connectivity index (χ0n) is 17.3. The first-order valence-corrected chi connectivity index (χ1v) is 10.3. The smallest absolute Gasteiger partial charge is 0.272 e. The zero-order valence-corrected chi connectivity index (χ0v) is 17.3. The van der Waals surface area contributed by atoms with E-state index in [4.69, 9.17) is 4.98 Å². The van der Waals surface area contributed by atoms with E-state index in [1.54, 1.807) is 30.3 Å². The molecule has 0 unspecified atom stereocenters. The van der Waals surface area contributed by atoms with E-state index in [0.29, 0.717) is 18.8 Å². The van der Waals surface area contributed by atoms with Gasteiger partial charge in [-0.25, -0.2) is 4.98 Å². The second kappa shape index (κ2) is 8.03. The Morgan fingerprint density at radius 2 is 1.68 bits per heavy atom.